The van der Waals surface area contributed by atoms with E-state index in [1.165, 1.54) is 23.9 Å². The van der Waals surface area contributed by atoms with E-state index in [1.54, 1.807) is 65.6 Å². The van der Waals surface area contributed by atoms with Crippen LogP contribution in [0.5, 0.6) is 11.5 Å². The number of benzene rings is 3. The third-order valence-corrected chi connectivity index (χ3v) is 5.86. The summed E-state index contributed by atoms with van der Waals surface area (Å²) in [7, 11) is 0. The minimum Gasteiger partial charge on any atom is -0.457 e. The Labute approximate surface area is 176 Å². The molecule has 0 unspecified atom stereocenters. The Morgan fingerprint density at radius 2 is 1.69 bits per heavy atom. The fourth-order valence-electron chi connectivity index (χ4n) is 3.06. The predicted molar refractivity (Wildman–Crippen MR) is 114 cm³/mol. The molecule has 0 aliphatic carbocycles. The molecular weight excluding hydrogens is 412 g/mol. The number of amides is 1. The maximum absolute atomic E-state index is 12.5. The minimum atomic E-state index is -0.432. The van der Waals surface area contributed by atoms with Crippen molar-refractivity contribution in [2.24, 2.45) is 0 Å². The molecule has 0 radical (unpaired) electrons. The summed E-state index contributed by atoms with van der Waals surface area (Å²) in [6.45, 7) is 0. The molecule has 4 rings (SSSR count). The van der Waals surface area contributed by atoms with Crippen molar-refractivity contribution in [3.63, 3.8) is 0 Å². The van der Waals surface area contributed by atoms with Gasteiger partial charge in [0.25, 0.3) is 5.69 Å². The normalized spacial score (nSPS) is 16.1. The number of rotatable bonds is 5. The molecular formula is C21H15ClN2O4S. The van der Waals surface area contributed by atoms with Crippen molar-refractivity contribution in [1.82, 2.24) is 0 Å². The fraction of sp³-hybridized carbons (Fsp3) is 0.0952. The zero-order chi connectivity index (χ0) is 20.4. The van der Waals surface area contributed by atoms with E-state index < -0.39 is 4.92 Å². The first-order chi connectivity index (χ1) is 14.0. The monoisotopic (exact) mass is 426 g/mol. The van der Waals surface area contributed by atoms with Crippen molar-refractivity contribution in [2.75, 3.05) is 10.7 Å². The SMILES string of the molecule is O=C1CS[C@@H](c2cccc([N+](=O)[O-])c2)N1c1ccc(Oc2ccc(Cl)cc2)cc1. The lowest BCUT2D eigenvalue weighted by atomic mass is 10.1. The number of thioether (sulfide) groups is 1. The van der Waals surface area contributed by atoms with Crippen molar-refractivity contribution in [3.05, 3.63) is 93.5 Å². The third-order valence-electron chi connectivity index (χ3n) is 4.40. The van der Waals surface area contributed by atoms with Gasteiger partial charge in [0.2, 0.25) is 5.91 Å². The molecule has 1 saturated heterocycles. The highest BCUT2D eigenvalue weighted by atomic mass is 35.5. The molecule has 1 amide bonds. The Balaban J connectivity index is 1.57. The molecule has 3 aromatic rings. The van der Waals surface area contributed by atoms with Crippen molar-refractivity contribution >= 4 is 40.6 Å². The number of nitro groups is 1. The Morgan fingerprint density at radius 1 is 1.03 bits per heavy atom. The van der Waals surface area contributed by atoms with Gasteiger partial charge in [0, 0.05) is 22.8 Å². The van der Waals surface area contributed by atoms with E-state index in [-0.39, 0.29) is 17.0 Å². The van der Waals surface area contributed by atoms with E-state index in [9.17, 15) is 14.9 Å². The molecule has 0 aromatic heterocycles. The number of nitro benzene ring substituents is 1. The lowest BCUT2D eigenvalue weighted by molar-refractivity contribution is -0.384. The van der Waals surface area contributed by atoms with Crippen LogP contribution in [-0.2, 0) is 4.79 Å². The molecule has 29 heavy (non-hydrogen) atoms. The second-order valence-corrected chi connectivity index (χ2v) is 7.83. The molecule has 1 atom stereocenters. The molecule has 146 valence electrons. The van der Waals surface area contributed by atoms with Crippen LogP contribution in [0, 0.1) is 10.1 Å². The highest BCUT2D eigenvalue weighted by Crippen LogP contribution is 2.42. The second-order valence-electron chi connectivity index (χ2n) is 6.33. The number of hydrogen-bond donors (Lipinski definition) is 0. The number of hydrogen-bond acceptors (Lipinski definition) is 5. The number of carbonyl (C=O) groups excluding carboxylic acids is 1. The van der Waals surface area contributed by atoms with Gasteiger partial charge in [-0.1, -0.05) is 23.7 Å². The van der Waals surface area contributed by atoms with Gasteiger partial charge in [0.15, 0.2) is 0 Å². The van der Waals surface area contributed by atoms with Crippen LogP contribution in [0.3, 0.4) is 0 Å². The van der Waals surface area contributed by atoms with E-state index >= 15 is 0 Å². The Hall–Kier alpha value is -3.03. The van der Waals surface area contributed by atoms with Gasteiger partial charge in [0.1, 0.15) is 16.9 Å². The fourth-order valence-corrected chi connectivity index (χ4v) is 4.35. The van der Waals surface area contributed by atoms with Crippen molar-refractivity contribution in [3.8, 4) is 11.5 Å². The molecule has 0 bridgehead atoms. The van der Waals surface area contributed by atoms with E-state index in [4.69, 9.17) is 16.3 Å². The summed E-state index contributed by atoms with van der Waals surface area (Å²) >= 11 is 7.33. The third kappa shape index (κ3) is 4.21. The first-order valence-corrected chi connectivity index (χ1v) is 10.2. The van der Waals surface area contributed by atoms with Gasteiger partial charge in [-0.05, 0) is 54.1 Å². The molecule has 8 heteroatoms. The average molecular weight is 427 g/mol. The smallest absolute Gasteiger partial charge is 0.269 e. The van der Waals surface area contributed by atoms with Gasteiger partial charge in [-0.25, -0.2) is 0 Å². The first kappa shape index (κ1) is 19.3. The number of non-ortho nitro benzene ring substituents is 1. The van der Waals surface area contributed by atoms with Gasteiger partial charge in [-0.3, -0.25) is 19.8 Å². The van der Waals surface area contributed by atoms with Crippen LogP contribution in [0.1, 0.15) is 10.9 Å². The number of anilines is 1. The molecule has 1 fully saturated rings. The Bertz CT molecular complexity index is 1060. The van der Waals surface area contributed by atoms with Crippen LogP contribution in [0.15, 0.2) is 72.8 Å². The topological polar surface area (TPSA) is 72.7 Å². The lowest BCUT2D eigenvalue weighted by Gasteiger charge is -2.24. The summed E-state index contributed by atoms with van der Waals surface area (Å²) < 4.78 is 5.79. The zero-order valence-electron chi connectivity index (χ0n) is 15.0. The van der Waals surface area contributed by atoms with Crippen molar-refractivity contribution in [1.29, 1.82) is 0 Å². The van der Waals surface area contributed by atoms with Crippen LogP contribution in [0.4, 0.5) is 11.4 Å². The average Bonchev–Trinajstić information content (AvgIpc) is 3.12. The van der Waals surface area contributed by atoms with Crippen LogP contribution in [-0.4, -0.2) is 16.6 Å². The number of nitrogens with zero attached hydrogens (tertiary/aromatic N) is 2. The van der Waals surface area contributed by atoms with Gasteiger partial charge < -0.3 is 4.74 Å². The molecule has 0 N–H and O–H groups in total. The van der Waals surface area contributed by atoms with Gasteiger partial charge in [0.05, 0.1) is 10.7 Å². The summed E-state index contributed by atoms with van der Waals surface area (Å²) in [5.74, 6) is 1.56. The summed E-state index contributed by atoms with van der Waals surface area (Å²) in [6, 6.07) is 20.6. The molecule has 3 aromatic carbocycles. The molecule has 6 nitrogen and oxygen atoms in total. The summed E-state index contributed by atoms with van der Waals surface area (Å²) in [5.41, 5.74) is 1.44. The van der Waals surface area contributed by atoms with Crippen molar-refractivity contribution in [2.45, 2.75) is 5.37 Å². The first-order valence-electron chi connectivity index (χ1n) is 8.73. The number of ether oxygens (including phenoxy) is 1. The molecule has 1 aliphatic heterocycles. The maximum atomic E-state index is 12.5. The quantitative estimate of drug-likeness (QED) is 0.379. The molecule has 1 heterocycles. The number of halogens is 1. The Kier molecular flexibility index (Phi) is 5.42. The summed E-state index contributed by atoms with van der Waals surface area (Å²) in [4.78, 5) is 24.8. The van der Waals surface area contributed by atoms with E-state index in [0.717, 1.165) is 5.56 Å². The highest BCUT2D eigenvalue weighted by Gasteiger charge is 2.34. The van der Waals surface area contributed by atoms with E-state index in [2.05, 4.69) is 0 Å². The summed E-state index contributed by atoms with van der Waals surface area (Å²) in [6.07, 6.45) is 0. The van der Waals surface area contributed by atoms with Gasteiger partial charge in [-0.15, -0.1) is 11.8 Å². The highest BCUT2D eigenvalue weighted by molar-refractivity contribution is 8.00. The van der Waals surface area contributed by atoms with E-state index in [0.29, 0.717) is 28.0 Å². The van der Waals surface area contributed by atoms with Crippen LogP contribution in [0.25, 0.3) is 0 Å². The predicted octanol–water partition coefficient (Wildman–Crippen LogP) is 5.82. The molecule has 0 spiro atoms. The Morgan fingerprint density at radius 3 is 2.34 bits per heavy atom. The maximum Gasteiger partial charge on any atom is 0.269 e. The van der Waals surface area contributed by atoms with Crippen LogP contribution < -0.4 is 9.64 Å². The zero-order valence-corrected chi connectivity index (χ0v) is 16.6. The van der Waals surface area contributed by atoms with E-state index in [1.807, 2.05) is 0 Å². The largest absolute Gasteiger partial charge is 0.457 e. The summed E-state index contributed by atoms with van der Waals surface area (Å²) in [5, 5.41) is 11.4. The molecule has 0 saturated carbocycles. The van der Waals surface area contributed by atoms with Gasteiger partial charge in [-0.2, -0.15) is 0 Å². The van der Waals surface area contributed by atoms with Crippen LogP contribution >= 0.6 is 23.4 Å². The van der Waals surface area contributed by atoms with Crippen molar-refractivity contribution < 1.29 is 14.5 Å². The second kappa shape index (κ2) is 8.14. The number of carbonyl (C=O) groups is 1. The standard InChI is InChI=1S/C21H15ClN2O4S/c22-15-4-8-18(9-5-15)28-19-10-6-16(7-11-19)23-20(25)13-29-21(23)14-2-1-3-17(12-14)24(26)27/h1-12,21H,13H2/t21-/m0/s1. The lowest BCUT2D eigenvalue weighted by Crippen LogP contribution is -2.27. The molecule has 1 aliphatic rings. The van der Waals surface area contributed by atoms with Gasteiger partial charge >= 0.3 is 0 Å². The minimum absolute atomic E-state index is 0.00844. The van der Waals surface area contributed by atoms with Crippen LogP contribution in [0.2, 0.25) is 5.02 Å².